The third-order valence-corrected chi connectivity index (χ3v) is 4.01. The summed E-state index contributed by atoms with van der Waals surface area (Å²) in [5.41, 5.74) is 0.761. The molecule has 8 heteroatoms. The number of hydrogen-bond acceptors (Lipinski definition) is 5. The molecule has 2 rings (SSSR count). The van der Waals surface area contributed by atoms with E-state index in [4.69, 9.17) is 0 Å². The number of nitrogens with zero attached hydrogens (tertiary/aromatic N) is 2. The largest absolute Gasteiger partial charge is 0.346 e. The SMILES string of the molecule is Cc1ccccc1C(C)NC(=O)c1cc([N+](=O)[O-])c(C)c([N+](=O)[O-])c1. The van der Waals surface area contributed by atoms with E-state index in [0.717, 1.165) is 23.3 Å². The molecule has 0 radical (unpaired) electrons. The van der Waals surface area contributed by atoms with Crippen LogP contribution in [0, 0.1) is 34.1 Å². The average molecular weight is 343 g/mol. The number of hydrogen-bond donors (Lipinski definition) is 1. The Morgan fingerprint density at radius 2 is 1.56 bits per heavy atom. The van der Waals surface area contributed by atoms with E-state index < -0.39 is 27.1 Å². The number of carbonyl (C=O) groups is 1. The molecule has 8 nitrogen and oxygen atoms in total. The maximum Gasteiger partial charge on any atom is 0.279 e. The molecule has 25 heavy (non-hydrogen) atoms. The molecule has 0 heterocycles. The molecule has 1 N–H and O–H groups in total. The number of amides is 1. The average Bonchev–Trinajstić information content (AvgIpc) is 2.54. The second-order valence-corrected chi connectivity index (χ2v) is 5.71. The van der Waals surface area contributed by atoms with Gasteiger partial charge in [-0.25, -0.2) is 0 Å². The Hall–Kier alpha value is -3.29. The summed E-state index contributed by atoms with van der Waals surface area (Å²) < 4.78 is 0. The Morgan fingerprint density at radius 3 is 2.04 bits per heavy atom. The molecular weight excluding hydrogens is 326 g/mol. The van der Waals surface area contributed by atoms with Crippen LogP contribution in [0.2, 0.25) is 0 Å². The highest BCUT2D eigenvalue weighted by molar-refractivity contribution is 5.96. The molecule has 0 saturated carbocycles. The predicted molar refractivity (Wildman–Crippen MR) is 91.5 cm³/mol. The summed E-state index contributed by atoms with van der Waals surface area (Å²) in [5, 5.41) is 24.9. The normalized spacial score (nSPS) is 11.6. The van der Waals surface area contributed by atoms with Crippen LogP contribution >= 0.6 is 0 Å². The summed E-state index contributed by atoms with van der Waals surface area (Å²) in [7, 11) is 0. The van der Waals surface area contributed by atoms with Crippen LogP contribution in [0.25, 0.3) is 0 Å². The van der Waals surface area contributed by atoms with Gasteiger partial charge in [-0.1, -0.05) is 24.3 Å². The van der Waals surface area contributed by atoms with Crippen LogP contribution < -0.4 is 5.32 Å². The number of carbonyl (C=O) groups excluding carboxylic acids is 1. The summed E-state index contributed by atoms with van der Waals surface area (Å²) in [6.45, 7) is 4.96. The van der Waals surface area contributed by atoms with Gasteiger partial charge in [-0.05, 0) is 31.9 Å². The molecule has 1 unspecified atom stereocenters. The maximum absolute atomic E-state index is 12.4. The highest BCUT2D eigenvalue weighted by Crippen LogP contribution is 2.29. The molecule has 2 aromatic carbocycles. The maximum atomic E-state index is 12.4. The predicted octanol–water partition coefficient (Wildman–Crippen LogP) is 3.61. The Morgan fingerprint density at radius 1 is 1.04 bits per heavy atom. The molecule has 0 aliphatic rings. The summed E-state index contributed by atoms with van der Waals surface area (Å²) in [6.07, 6.45) is 0. The van der Waals surface area contributed by atoms with Crippen molar-refractivity contribution in [3.8, 4) is 0 Å². The second-order valence-electron chi connectivity index (χ2n) is 5.71. The topological polar surface area (TPSA) is 115 Å². The van der Waals surface area contributed by atoms with Gasteiger partial charge in [0.2, 0.25) is 0 Å². The van der Waals surface area contributed by atoms with Crippen LogP contribution in [0.15, 0.2) is 36.4 Å². The van der Waals surface area contributed by atoms with Gasteiger partial charge in [0, 0.05) is 12.1 Å². The first-order valence-corrected chi connectivity index (χ1v) is 7.52. The van der Waals surface area contributed by atoms with Crippen LogP contribution in [0.4, 0.5) is 11.4 Å². The van der Waals surface area contributed by atoms with Crippen molar-refractivity contribution in [1.82, 2.24) is 5.32 Å². The van der Waals surface area contributed by atoms with Crippen molar-refractivity contribution in [2.75, 3.05) is 0 Å². The first kappa shape index (κ1) is 18.1. The van der Waals surface area contributed by atoms with E-state index in [2.05, 4.69) is 5.32 Å². The lowest BCUT2D eigenvalue weighted by molar-refractivity contribution is -0.395. The van der Waals surface area contributed by atoms with E-state index in [1.807, 2.05) is 31.2 Å². The molecule has 0 aliphatic heterocycles. The molecule has 130 valence electrons. The van der Waals surface area contributed by atoms with Crippen molar-refractivity contribution in [3.63, 3.8) is 0 Å². The number of benzene rings is 2. The summed E-state index contributed by atoms with van der Waals surface area (Å²) >= 11 is 0. The summed E-state index contributed by atoms with van der Waals surface area (Å²) in [4.78, 5) is 33.2. The fourth-order valence-electron chi connectivity index (χ4n) is 2.62. The molecule has 0 saturated heterocycles. The highest BCUT2D eigenvalue weighted by atomic mass is 16.6. The van der Waals surface area contributed by atoms with Crippen molar-refractivity contribution < 1.29 is 14.6 Å². The first-order valence-electron chi connectivity index (χ1n) is 7.52. The standard InChI is InChI=1S/C17H17N3O5/c1-10-6-4-5-7-14(10)12(3)18-17(21)13-8-15(19(22)23)11(2)16(9-13)20(24)25/h4-9,12H,1-3H3,(H,18,21). The quantitative estimate of drug-likeness (QED) is 0.657. The fourth-order valence-corrected chi connectivity index (χ4v) is 2.62. The Balaban J connectivity index is 2.37. The van der Waals surface area contributed by atoms with Crippen LogP contribution in [-0.4, -0.2) is 15.8 Å². The van der Waals surface area contributed by atoms with Gasteiger partial charge in [-0.2, -0.15) is 0 Å². The van der Waals surface area contributed by atoms with Gasteiger partial charge in [0.25, 0.3) is 17.3 Å². The molecule has 0 aromatic heterocycles. The van der Waals surface area contributed by atoms with E-state index in [9.17, 15) is 25.0 Å². The van der Waals surface area contributed by atoms with Crippen molar-refractivity contribution in [2.24, 2.45) is 0 Å². The molecule has 0 aliphatic carbocycles. The van der Waals surface area contributed by atoms with Crippen molar-refractivity contribution in [2.45, 2.75) is 26.8 Å². The zero-order chi connectivity index (χ0) is 18.7. The summed E-state index contributed by atoms with van der Waals surface area (Å²) in [5.74, 6) is -0.609. The highest BCUT2D eigenvalue weighted by Gasteiger charge is 2.26. The third-order valence-electron chi connectivity index (χ3n) is 4.01. The minimum Gasteiger partial charge on any atom is -0.346 e. The molecule has 1 atom stereocenters. The van der Waals surface area contributed by atoms with E-state index in [-0.39, 0.29) is 17.2 Å². The number of nitrogens with one attached hydrogen (secondary N) is 1. The van der Waals surface area contributed by atoms with Crippen molar-refractivity contribution in [3.05, 3.63) is 78.9 Å². The van der Waals surface area contributed by atoms with Gasteiger partial charge in [-0.3, -0.25) is 25.0 Å². The zero-order valence-corrected chi connectivity index (χ0v) is 14.0. The monoisotopic (exact) mass is 343 g/mol. The van der Waals surface area contributed by atoms with Gasteiger partial charge in [-0.15, -0.1) is 0 Å². The molecule has 0 spiro atoms. The lowest BCUT2D eigenvalue weighted by Gasteiger charge is -2.16. The number of rotatable bonds is 5. The number of nitro benzene ring substituents is 2. The first-order chi connectivity index (χ1) is 11.7. The van der Waals surface area contributed by atoms with Crippen molar-refractivity contribution >= 4 is 17.3 Å². The van der Waals surface area contributed by atoms with Crippen molar-refractivity contribution in [1.29, 1.82) is 0 Å². The lowest BCUT2D eigenvalue weighted by atomic mass is 10.0. The van der Waals surface area contributed by atoms with Crippen LogP contribution in [0.1, 0.15) is 40.0 Å². The second kappa shape index (κ2) is 7.08. The van der Waals surface area contributed by atoms with E-state index in [0.29, 0.717) is 0 Å². The minimum atomic E-state index is -0.732. The van der Waals surface area contributed by atoms with Crippen LogP contribution in [-0.2, 0) is 0 Å². The van der Waals surface area contributed by atoms with E-state index in [1.54, 1.807) is 6.92 Å². The molecule has 1 amide bonds. The lowest BCUT2D eigenvalue weighted by Crippen LogP contribution is -2.27. The van der Waals surface area contributed by atoms with Gasteiger partial charge in [0.05, 0.1) is 21.5 Å². The van der Waals surface area contributed by atoms with Gasteiger partial charge in [0.15, 0.2) is 0 Å². The Kier molecular flexibility index (Phi) is 5.11. The number of aryl methyl sites for hydroxylation is 1. The third kappa shape index (κ3) is 3.79. The fraction of sp³-hybridized carbons (Fsp3) is 0.235. The Bertz CT molecular complexity index is 828. The minimum absolute atomic E-state index is 0.0847. The number of nitro groups is 2. The van der Waals surface area contributed by atoms with Crippen LogP contribution in [0.3, 0.4) is 0 Å². The van der Waals surface area contributed by atoms with Crippen LogP contribution in [0.5, 0.6) is 0 Å². The van der Waals surface area contributed by atoms with Gasteiger partial charge < -0.3 is 5.32 Å². The molecule has 0 fully saturated rings. The van der Waals surface area contributed by atoms with Gasteiger partial charge in [0.1, 0.15) is 5.56 Å². The zero-order valence-electron chi connectivity index (χ0n) is 14.0. The smallest absolute Gasteiger partial charge is 0.279 e. The summed E-state index contributed by atoms with van der Waals surface area (Å²) in [6, 6.07) is 9.24. The Labute approximate surface area is 143 Å². The molecule has 0 bridgehead atoms. The molecular formula is C17H17N3O5. The van der Waals surface area contributed by atoms with E-state index in [1.165, 1.54) is 6.92 Å². The van der Waals surface area contributed by atoms with E-state index >= 15 is 0 Å². The van der Waals surface area contributed by atoms with Gasteiger partial charge >= 0.3 is 0 Å². The molecule has 2 aromatic rings.